The molecule has 1 aromatic carbocycles. The fraction of sp³-hybridized carbons (Fsp3) is 0.333. The number of piperazine rings is 1. The van der Waals surface area contributed by atoms with Crippen molar-refractivity contribution < 1.29 is 9.52 Å². The van der Waals surface area contributed by atoms with E-state index >= 15 is 0 Å². The Morgan fingerprint density at radius 3 is 2.58 bits per heavy atom. The second-order valence-electron chi connectivity index (χ2n) is 4.76. The van der Waals surface area contributed by atoms with E-state index in [-0.39, 0.29) is 6.04 Å². The van der Waals surface area contributed by atoms with Gasteiger partial charge in [-0.3, -0.25) is 4.90 Å². The molecule has 0 saturated carbocycles. The molecule has 2 N–H and O–H groups in total. The Balaban J connectivity index is 1.99. The molecule has 2 aromatic rings. The van der Waals surface area contributed by atoms with E-state index in [0.29, 0.717) is 5.75 Å². The second-order valence-corrected chi connectivity index (χ2v) is 4.76. The summed E-state index contributed by atoms with van der Waals surface area (Å²) >= 11 is 0. The topological polar surface area (TPSA) is 48.6 Å². The zero-order valence-corrected chi connectivity index (χ0v) is 10.7. The van der Waals surface area contributed by atoms with Crippen LogP contribution in [0.25, 0.3) is 0 Å². The summed E-state index contributed by atoms with van der Waals surface area (Å²) < 4.78 is 5.59. The molecule has 2 heterocycles. The summed E-state index contributed by atoms with van der Waals surface area (Å²) in [6.45, 7) is 3.81. The lowest BCUT2D eigenvalue weighted by atomic mass is 10.0. The maximum atomic E-state index is 10.1. The van der Waals surface area contributed by atoms with Crippen LogP contribution in [0, 0.1) is 0 Å². The number of furan rings is 1. The molecule has 4 nitrogen and oxygen atoms in total. The highest BCUT2D eigenvalue weighted by Gasteiger charge is 2.27. The monoisotopic (exact) mass is 258 g/mol. The number of para-hydroxylation sites is 1. The molecule has 1 fully saturated rings. The van der Waals surface area contributed by atoms with Crippen LogP contribution >= 0.6 is 0 Å². The second kappa shape index (κ2) is 5.47. The lowest BCUT2D eigenvalue weighted by molar-refractivity contribution is 0.177. The maximum Gasteiger partial charge on any atom is 0.125 e. The third-order valence-corrected chi connectivity index (χ3v) is 3.56. The van der Waals surface area contributed by atoms with Crippen molar-refractivity contribution in [2.75, 3.05) is 26.2 Å². The Hall–Kier alpha value is -1.78. The highest BCUT2D eigenvalue weighted by atomic mass is 16.3. The normalized spacial score (nSPS) is 18.3. The Morgan fingerprint density at radius 2 is 1.89 bits per heavy atom. The van der Waals surface area contributed by atoms with Crippen LogP contribution in [0.2, 0.25) is 0 Å². The summed E-state index contributed by atoms with van der Waals surface area (Å²) in [5.41, 5.74) is 0.902. The summed E-state index contributed by atoms with van der Waals surface area (Å²) in [5, 5.41) is 13.5. The number of aromatic hydroxyl groups is 1. The molecule has 0 aliphatic carbocycles. The van der Waals surface area contributed by atoms with E-state index in [1.165, 1.54) is 0 Å². The van der Waals surface area contributed by atoms with Crippen molar-refractivity contribution in [2.24, 2.45) is 0 Å². The number of phenols is 1. The van der Waals surface area contributed by atoms with Crippen LogP contribution < -0.4 is 5.32 Å². The zero-order valence-electron chi connectivity index (χ0n) is 10.7. The molecule has 100 valence electrons. The molecule has 0 amide bonds. The van der Waals surface area contributed by atoms with Crippen molar-refractivity contribution in [3.8, 4) is 5.75 Å². The fourth-order valence-electron chi connectivity index (χ4n) is 2.64. The van der Waals surface area contributed by atoms with Crippen molar-refractivity contribution in [3.05, 3.63) is 54.0 Å². The SMILES string of the molecule is Oc1ccccc1C(c1ccco1)N1CCNCC1. The van der Waals surface area contributed by atoms with Gasteiger partial charge in [-0.25, -0.2) is 0 Å². The molecule has 1 aromatic heterocycles. The Morgan fingerprint density at radius 1 is 1.11 bits per heavy atom. The quantitative estimate of drug-likeness (QED) is 0.884. The van der Waals surface area contributed by atoms with Crippen molar-refractivity contribution in [3.63, 3.8) is 0 Å². The van der Waals surface area contributed by atoms with Crippen LogP contribution in [-0.4, -0.2) is 36.2 Å². The van der Waals surface area contributed by atoms with E-state index in [1.54, 1.807) is 12.3 Å². The van der Waals surface area contributed by atoms with Gasteiger partial charge in [-0.2, -0.15) is 0 Å². The number of hydrogen-bond acceptors (Lipinski definition) is 4. The summed E-state index contributed by atoms with van der Waals surface area (Å²) in [4.78, 5) is 2.34. The predicted octanol–water partition coefficient (Wildman–Crippen LogP) is 1.98. The van der Waals surface area contributed by atoms with Gasteiger partial charge in [0, 0.05) is 31.7 Å². The van der Waals surface area contributed by atoms with Crippen LogP contribution in [-0.2, 0) is 0 Å². The molecule has 1 aliphatic rings. The number of hydrogen-bond donors (Lipinski definition) is 2. The smallest absolute Gasteiger partial charge is 0.125 e. The summed E-state index contributed by atoms with van der Waals surface area (Å²) in [7, 11) is 0. The average molecular weight is 258 g/mol. The summed E-state index contributed by atoms with van der Waals surface area (Å²) in [6, 6.07) is 11.3. The Bertz CT molecular complexity index is 519. The number of nitrogens with one attached hydrogen (secondary N) is 1. The molecule has 3 rings (SSSR count). The van der Waals surface area contributed by atoms with Crippen molar-refractivity contribution >= 4 is 0 Å². The third-order valence-electron chi connectivity index (χ3n) is 3.56. The molecule has 0 bridgehead atoms. The van der Waals surface area contributed by atoms with E-state index in [9.17, 15) is 5.11 Å². The standard InChI is InChI=1S/C15H18N2O2/c18-13-5-2-1-4-12(13)15(14-6-3-11-19-14)17-9-7-16-8-10-17/h1-6,11,15-16,18H,7-10H2. The number of benzene rings is 1. The molecular formula is C15H18N2O2. The lowest BCUT2D eigenvalue weighted by Crippen LogP contribution is -2.45. The molecule has 1 atom stereocenters. The predicted molar refractivity (Wildman–Crippen MR) is 73.1 cm³/mol. The summed E-state index contributed by atoms with van der Waals surface area (Å²) in [6.07, 6.45) is 1.69. The summed E-state index contributed by atoms with van der Waals surface area (Å²) in [5.74, 6) is 1.20. The van der Waals surface area contributed by atoms with Crippen molar-refractivity contribution in [2.45, 2.75) is 6.04 Å². The molecule has 1 aliphatic heterocycles. The molecule has 1 unspecified atom stereocenters. The first-order valence-corrected chi connectivity index (χ1v) is 6.62. The van der Waals surface area contributed by atoms with Crippen LogP contribution in [0.3, 0.4) is 0 Å². The highest BCUT2D eigenvalue weighted by molar-refractivity contribution is 5.38. The van der Waals surface area contributed by atoms with Crippen molar-refractivity contribution in [1.29, 1.82) is 0 Å². The first-order chi connectivity index (χ1) is 9.36. The fourth-order valence-corrected chi connectivity index (χ4v) is 2.64. The molecule has 0 radical (unpaired) electrons. The molecule has 1 saturated heterocycles. The van der Waals surface area contributed by atoms with E-state index in [1.807, 2.05) is 30.3 Å². The largest absolute Gasteiger partial charge is 0.508 e. The van der Waals surface area contributed by atoms with Gasteiger partial charge < -0.3 is 14.8 Å². The minimum atomic E-state index is -0.0155. The van der Waals surface area contributed by atoms with Gasteiger partial charge in [0.2, 0.25) is 0 Å². The van der Waals surface area contributed by atoms with Crippen LogP contribution in [0.4, 0.5) is 0 Å². The molecule has 0 spiro atoms. The molecule has 19 heavy (non-hydrogen) atoms. The lowest BCUT2D eigenvalue weighted by Gasteiger charge is -2.34. The van der Waals surface area contributed by atoms with Gasteiger partial charge in [0.25, 0.3) is 0 Å². The van der Waals surface area contributed by atoms with Gasteiger partial charge in [0.15, 0.2) is 0 Å². The van der Waals surface area contributed by atoms with Gasteiger partial charge in [0.05, 0.1) is 12.3 Å². The van der Waals surface area contributed by atoms with Gasteiger partial charge in [0.1, 0.15) is 11.5 Å². The average Bonchev–Trinajstić information content (AvgIpc) is 2.96. The number of rotatable bonds is 3. The van der Waals surface area contributed by atoms with E-state index in [0.717, 1.165) is 37.5 Å². The van der Waals surface area contributed by atoms with Crippen LogP contribution in [0.15, 0.2) is 47.1 Å². The van der Waals surface area contributed by atoms with E-state index in [4.69, 9.17) is 4.42 Å². The Kier molecular flexibility index (Phi) is 3.53. The van der Waals surface area contributed by atoms with Crippen LogP contribution in [0.1, 0.15) is 17.4 Å². The Labute approximate surface area is 112 Å². The van der Waals surface area contributed by atoms with Gasteiger partial charge in [-0.15, -0.1) is 0 Å². The minimum absolute atomic E-state index is 0.0155. The molecular weight excluding hydrogens is 240 g/mol. The number of nitrogens with zero attached hydrogens (tertiary/aromatic N) is 1. The minimum Gasteiger partial charge on any atom is -0.508 e. The van der Waals surface area contributed by atoms with Gasteiger partial charge >= 0.3 is 0 Å². The maximum absolute atomic E-state index is 10.1. The van der Waals surface area contributed by atoms with E-state index in [2.05, 4.69) is 10.2 Å². The van der Waals surface area contributed by atoms with Crippen LogP contribution in [0.5, 0.6) is 5.75 Å². The highest BCUT2D eigenvalue weighted by Crippen LogP contribution is 2.34. The first kappa shape index (κ1) is 12.3. The molecule has 4 heteroatoms. The number of phenolic OH excluding ortho intramolecular Hbond substituents is 1. The van der Waals surface area contributed by atoms with Gasteiger partial charge in [-0.05, 0) is 18.2 Å². The zero-order chi connectivity index (χ0) is 13.1. The first-order valence-electron chi connectivity index (χ1n) is 6.62. The van der Waals surface area contributed by atoms with E-state index < -0.39 is 0 Å². The van der Waals surface area contributed by atoms with Crippen molar-refractivity contribution in [1.82, 2.24) is 10.2 Å². The van der Waals surface area contributed by atoms with Gasteiger partial charge in [-0.1, -0.05) is 18.2 Å². The third kappa shape index (κ3) is 2.50.